The number of rotatable bonds is 7. The van der Waals surface area contributed by atoms with E-state index in [4.69, 9.17) is 0 Å². The van der Waals surface area contributed by atoms with E-state index in [9.17, 15) is 13.2 Å². The molecule has 0 bridgehead atoms. The zero-order valence-corrected chi connectivity index (χ0v) is 12.9. The van der Waals surface area contributed by atoms with E-state index in [1.165, 1.54) is 0 Å². The first-order valence-electron chi connectivity index (χ1n) is 6.85. The normalized spacial score (nSPS) is 15.1. The Bertz CT molecular complexity index is 389. The van der Waals surface area contributed by atoms with Gasteiger partial charge in [0.25, 0.3) is 0 Å². The van der Waals surface area contributed by atoms with Crippen LogP contribution in [-0.2, 0) is 6.18 Å². The van der Waals surface area contributed by atoms with E-state index >= 15 is 0 Å². The molecule has 2 unspecified atom stereocenters. The van der Waals surface area contributed by atoms with Crippen LogP contribution < -0.4 is 5.32 Å². The summed E-state index contributed by atoms with van der Waals surface area (Å²) in [6.07, 6.45) is -3.21. The van der Waals surface area contributed by atoms with E-state index in [0.29, 0.717) is 6.04 Å². The van der Waals surface area contributed by atoms with Crippen LogP contribution in [0.15, 0.2) is 24.3 Å². The van der Waals surface area contributed by atoms with Crippen LogP contribution in [0.3, 0.4) is 0 Å². The Morgan fingerprint density at radius 2 is 1.75 bits per heavy atom. The van der Waals surface area contributed by atoms with Gasteiger partial charge in [0.1, 0.15) is 0 Å². The Morgan fingerprint density at radius 3 is 2.25 bits per heavy atom. The summed E-state index contributed by atoms with van der Waals surface area (Å²) >= 11 is 1.90. The summed E-state index contributed by atoms with van der Waals surface area (Å²) in [4.78, 5) is 0. The van der Waals surface area contributed by atoms with Gasteiger partial charge in [-0.05, 0) is 49.5 Å². The molecule has 5 heteroatoms. The number of alkyl halides is 3. The van der Waals surface area contributed by atoms with Crippen LogP contribution >= 0.6 is 11.8 Å². The zero-order valence-electron chi connectivity index (χ0n) is 12.1. The maximum absolute atomic E-state index is 12.5. The number of hydrogen-bond acceptors (Lipinski definition) is 2. The molecular weight excluding hydrogens is 283 g/mol. The second-order valence-corrected chi connectivity index (χ2v) is 6.29. The van der Waals surface area contributed by atoms with Crippen molar-refractivity contribution in [1.82, 2.24) is 5.32 Å². The minimum Gasteiger partial charge on any atom is -0.308 e. The molecule has 0 spiro atoms. The number of halogens is 3. The highest BCUT2D eigenvalue weighted by Gasteiger charge is 2.30. The highest BCUT2D eigenvalue weighted by Crippen LogP contribution is 2.29. The van der Waals surface area contributed by atoms with Gasteiger partial charge in [0.15, 0.2) is 0 Å². The van der Waals surface area contributed by atoms with Crippen molar-refractivity contribution in [2.45, 2.75) is 45.5 Å². The molecule has 0 fully saturated rings. The predicted octanol–water partition coefficient (Wildman–Crippen LogP) is 4.89. The molecule has 1 aromatic rings. The van der Waals surface area contributed by atoms with Gasteiger partial charge in [-0.2, -0.15) is 24.9 Å². The van der Waals surface area contributed by atoms with Crippen LogP contribution in [0.5, 0.6) is 0 Å². The molecule has 0 aliphatic heterocycles. The standard InChI is InChI=1S/C15H22F3NS/c1-4-20-10-9-11(2)19-12(3)13-5-7-14(8-6-13)15(16,17)18/h5-8,11-12,19H,4,9-10H2,1-3H3. The van der Waals surface area contributed by atoms with E-state index in [1.807, 2.05) is 18.7 Å². The SMILES string of the molecule is CCSCCC(C)NC(C)c1ccc(C(F)(F)F)cc1. The van der Waals surface area contributed by atoms with E-state index in [0.717, 1.165) is 35.6 Å². The molecule has 0 radical (unpaired) electrons. The van der Waals surface area contributed by atoms with Crippen molar-refractivity contribution in [3.05, 3.63) is 35.4 Å². The quantitative estimate of drug-likeness (QED) is 0.720. The summed E-state index contributed by atoms with van der Waals surface area (Å²) in [7, 11) is 0. The third-order valence-corrected chi connectivity index (χ3v) is 4.10. The van der Waals surface area contributed by atoms with Gasteiger partial charge in [0, 0.05) is 12.1 Å². The Balaban J connectivity index is 2.53. The molecule has 0 amide bonds. The van der Waals surface area contributed by atoms with Crippen LogP contribution in [0.1, 0.15) is 44.4 Å². The average molecular weight is 305 g/mol. The lowest BCUT2D eigenvalue weighted by Gasteiger charge is -2.20. The number of benzene rings is 1. The summed E-state index contributed by atoms with van der Waals surface area (Å²) in [5.41, 5.74) is 0.286. The van der Waals surface area contributed by atoms with Gasteiger partial charge in [-0.3, -0.25) is 0 Å². The van der Waals surface area contributed by atoms with E-state index in [1.54, 1.807) is 12.1 Å². The minimum atomic E-state index is -4.26. The molecule has 0 saturated heterocycles. The van der Waals surface area contributed by atoms with Crippen molar-refractivity contribution in [2.75, 3.05) is 11.5 Å². The molecule has 0 aliphatic carbocycles. The molecule has 1 nitrogen and oxygen atoms in total. The van der Waals surface area contributed by atoms with Crippen molar-refractivity contribution < 1.29 is 13.2 Å². The first-order chi connectivity index (χ1) is 9.34. The highest BCUT2D eigenvalue weighted by molar-refractivity contribution is 7.99. The Labute approximate surface area is 123 Å². The number of nitrogens with one attached hydrogen (secondary N) is 1. The van der Waals surface area contributed by atoms with Crippen LogP contribution in [0.2, 0.25) is 0 Å². The van der Waals surface area contributed by atoms with Crippen LogP contribution in [0, 0.1) is 0 Å². The third-order valence-electron chi connectivity index (χ3n) is 3.17. The van der Waals surface area contributed by atoms with Gasteiger partial charge in [-0.25, -0.2) is 0 Å². The molecule has 114 valence electrons. The maximum Gasteiger partial charge on any atom is 0.416 e. The summed E-state index contributed by atoms with van der Waals surface area (Å²) in [5, 5.41) is 3.42. The molecule has 1 N–H and O–H groups in total. The van der Waals surface area contributed by atoms with Crippen molar-refractivity contribution in [2.24, 2.45) is 0 Å². The summed E-state index contributed by atoms with van der Waals surface area (Å²) in [6, 6.07) is 5.79. The third kappa shape index (κ3) is 5.75. The fourth-order valence-corrected chi connectivity index (χ4v) is 2.78. The largest absolute Gasteiger partial charge is 0.416 e. The molecule has 20 heavy (non-hydrogen) atoms. The topological polar surface area (TPSA) is 12.0 Å². The van der Waals surface area contributed by atoms with E-state index in [2.05, 4.69) is 19.2 Å². The van der Waals surface area contributed by atoms with E-state index < -0.39 is 11.7 Å². The summed E-state index contributed by atoms with van der Waals surface area (Å²) in [5.74, 6) is 2.21. The lowest BCUT2D eigenvalue weighted by atomic mass is 10.0. The monoisotopic (exact) mass is 305 g/mol. The van der Waals surface area contributed by atoms with Gasteiger partial charge in [0.2, 0.25) is 0 Å². The van der Waals surface area contributed by atoms with Crippen molar-refractivity contribution >= 4 is 11.8 Å². The van der Waals surface area contributed by atoms with Gasteiger partial charge >= 0.3 is 6.18 Å². The Kier molecular flexibility index (Phi) is 6.89. The molecule has 2 atom stereocenters. The lowest BCUT2D eigenvalue weighted by Crippen LogP contribution is -2.29. The van der Waals surface area contributed by atoms with Gasteiger partial charge < -0.3 is 5.32 Å². The Hall–Kier alpha value is -0.680. The van der Waals surface area contributed by atoms with Crippen LogP contribution in [-0.4, -0.2) is 17.5 Å². The highest BCUT2D eigenvalue weighted by atomic mass is 32.2. The first kappa shape index (κ1) is 17.4. The fourth-order valence-electron chi connectivity index (χ4n) is 1.97. The van der Waals surface area contributed by atoms with Crippen molar-refractivity contribution in [3.63, 3.8) is 0 Å². The molecule has 0 heterocycles. The van der Waals surface area contributed by atoms with Gasteiger partial charge in [0.05, 0.1) is 5.56 Å². The maximum atomic E-state index is 12.5. The van der Waals surface area contributed by atoms with Gasteiger partial charge in [-0.15, -0.1) is 0 Å². The van der Waals surface area contributed by atoms with Gasteiger partial charge in [-0.1, -0.05) is 19.1 Å². The summed E-state index contributed by atoms with van der Waals surface area (Å²) in [6.45, 7) is 6.22. The minimum absolute atomic E-state index is 0.0545. The van der Waals surface area contributed by atoms with E-state index in [-0.39, 0.29) is 6.04 Å². The molecule has 0 aliphatic rings. The second kappa shape index (κ2) is 7.93. The Morgan fingerprint density at radius 1 is 1.15 bits per heavy atom. The van der Waals surface area contributed by atoms with Crippen LogP contribution in [0.25, 0.3) is 0 Å². The summed E-state index contributed by atoms with van der Waals surface area (Å²) < 4.78 is 37.5. The molecular formula is C15H22F3NS. The number of hydrogen-bond donors (Lipinski definition) is 1. The lowest BCUT2D eigenvalue weighted by molar-refractivity contribution is -0.137. The van der Waals surface area contributed by atoms with Crippen molar-refractivity contribution in [1.29, 1.82) is 0 Å². The van der Waals surface area contributed by atoms with Crippen molar-refractivity contribution in [3.8, 4) is 0 Å². The molecule has 1 rings (SSSR count). The van der Waals surface area contributed by atoms with Crippen LogP contribution in [0.4, 0.5) is 13.2 Å². The molecule has 1 aromatic carbocycles. The predicted molar refractivity (Wildman–Crippen MR) is 80.1 cm³/mol. The average Bonchev–Trinajstić information content (AvgIpc) is 2.38. The second-order valence-electron chi connectivity index (χ2n) is 4.89. The smallest absolute Gasteiger partial charge is 0.308 e. The first-order valence-corrected chi connectivity index (χ1v) is 8.01. The number of thioether (sulfide) groups is 1. The fraction of sp³-hybridized carbons (Fsp3) is 0.600. The zero-order chi connectivity index (χ0) is 15.2. The molecule has 0 saturated carbocycles. The molecule has 0 aromatic heterocycles.